The molecule has 2 aromatic rings. The summed E-state index contributed by atoms with van der Waals surface area (Å²) in [6.07, 6.45) is 0.862. The lowest BCUT2D eigenvalue weighted by atomic mass is 10.1. The number of hydrogen-bond donors (Lipinski definition) is 3. The van der Waals surface area contributed by atoms with E-state index in [9.17, 15) is 4.79 Å². The van der Waals surface area contributed by atoms with Gasteiger partial charge in [0.1, 0.15) is 0 Å². The molecule has 0 saturated heterocycles. The number of anilines is 1. The average molecular weight is 351 g/mol. The third kappa shape index (κ3) is 3.71. The summed E-state index contributed by atoms with van der Waals surface area (Å²) >= 11 is 7.77. The number of hydrogen-bond acceptors (Lipinski definition) is 4. The summed E-state index contributed by atoms with van der Waals surface area (Å²) in [5, 5.41) is 14.4. The van der Waals surface area contributed by atoms with Crippen molar-refractivity contribution >= 4 is 35.0 Å². The second-order valence-corrected chi connectivity index (χ2v) is 7.77. The first-order valence-corrected chi connectivity index (χ1v) is 8.84. The molecule has 23 heavy (non-hydrogen) atoms. The lowest BCUT2D eigenvalue weighted by Crippen LogP contribution is -2.25. The molecule has 1 aromatic heterocycles. The number of H-pyrrole nitrogens is 1. The Balaban J connectivity index is 1.85. The molecule has 1 aromatic carbocycles. The SMILES string of the molecule is CC(C)Sc1ccc(Cl)cc1NC(=O)c1n[nH]c2c1CNCC2. The average Bonchev–Trinajstić information content (AvgIpc) is 2.93. The van der Waals surface area contributed by atoms with Gasteiger partial charge >= 0.3 is 0 Å². The Hall–Kier alpha value is -1.50. The van der Waals surface area contributed by atoms with Crippen LogP contribution < -0.4 is 10.6 Å². The summed E-state index contributed by atoms with van der Waals surface area (Å²) in [5.41, 5.74) is 3.17. The number of carbonyl (C=O) groups is 1. The fourth-order valence-corrected chi connectivity index (χ4v) is 3.61. The number of carbonyl (C=O) groups excluding carboxylic acids is 1. The molecule has 5 nitrogen and oxygen atoms in total. The van der Waals surface area contributed by atoms with Crippen molar-refractivity contribution in [2.45, 2.75) is 37.0 Å². The van der Waals surface area contributed by atoms with Crippen molar-refractivity contribution in [1.82, 2.24) is 15.5 Å². The summed E-state index contributed by atoms with van der Waals surface area (Å²) in [7, 11) is 0. The van der Waals surface area contributed by atoms with Crippen LogP contribution in [0.25, 0.3) is 0 Å². The maximum Gasteiger partial charge on any atom is 0.276 e. The Morgan fingerprint density at radius 1 is 1.43 bits per heavy atom. The third-order valence-corrected chi connectivity index (χ3v) is 4.89. The van der Waals surface area contributed by atoms with Crippen molar-refractivity contribution in [1.29, 1.82) is 0 Å². The third-order valence-electron chi connectivity index (χ3n) is 3.57. The molecule has 7 heteroatoms. The molecule has 2 heterocycles. The Bertz CT molecular complexity index is 729. The number of halogens is 1. The standard InChI is InChI=1S/C16H19ClN4OS/c1-9(2)23-14-4-3-10(17)7-13(14)19-16(22)15-11-8-18-6-5-12(11)20-21-15/h3-4,7,9,18H,5-6,8H2,1-2H3,(H,19,22)(H,20,21). The molecule has 3 N–H and O–H groups in total. The van der Waals surface area contributed by atoms with Crippen LogP contribution in [0.2, 0.25) is 5.02 Å². The second kappa shape index (κ2) is 6.95. The maximum absolute atomic E-state index is 12.6. The van der Waals surface area contributed by atoms with Crippen molar-refractivity contribution in [3.8, 4) is 0 Å². The molecule has 0 radical (unpaired) electrons. The number of benzene rings is 1. The molecule has 0 spiro atoms. The molecule has 1 aliphatic heterocycles. The topological polar surface area (TPSA) is 69.8 Å². The van der Waals surface area contributed by atoms with E-state index < -0.39 is 0 Å². The summed E-state index contributed by atoms with van der Waals surface area (Å²) in [6.45, 7) is 5.79. The van der Waals surface area contributed by atoms with Crippen LogP contribution in [0.4, 0.5) is 5.69 Å². The Kier molecular flexibility index (Phi) is 4.94. The van der Waals surface area contributed by atoms with Crippen LogP contribution in [0, 0.1) is 0 Å². The molecular formula is C16H19ClN4OS. The Morgan fingerprint density at radius 3 is 3.04 bits per heavy atom. The highest BCUT2D eigenvalue weighted by atomic mass is 35.5. The van der Waals surface area contributed by atoms with E-state index in [1.807, 2.05) is 12.1 Å². The van der Waals surface area contributed by atoms with Crippen molar-refractivity contribution in [2.75, 3.05) is 11.9 Å². The van der Waals surface area contributed by atoms with Crippen LogP contribution in [0.15, 0.2) is 23.1 Å². The first-order chi connectivity index (χ1) is 11.0. The molecule has 0 bridgehead atoms. The zero-order valence-electron chi connectivity index (χ0n) is 13.1. The van der Waals surface area contributed by atoms with Crippen LogP contribution in [0.5, 0.6) is 0 Å². The molecule has 0 aliphatic carbocycles. The van der Waals surface area contributed by atoms with Gasteiger partial charge in [0.15, 0.2) is 5.69 Å². The number of aromatic nitrogens is 2. The van der Waals surface area contributed by atoms with E-state index in [2.05, 4.69) is 34.7 Å². The van der Waals surface area contributed by atoms with Crippen molar-refractivity contribution in [2.24, 2.45) is 0 Å². The van der Waals surface area contributed by atoms with Gasteiger partial charge in [-0.2, -0.15) is 5.10 Å². The van der Waals surface area contributed by atoms with Crippen LogP contribution in [0.3, 0.4) is 0 Å². The first-order valence-electron chi connectivity index (χ1n) is 7.59. The molecule has 122 valence electrons. The molecular weight excluding hydrogens is 332 g/mol. The van der Waals surface area contributed by atoms with E-state index in [0.717, 1.165) is 34.8 Å². The van der Waals surface area contributed by atoms with Gasteiger partial charge in [0.25, 0.3) is 5.91 Å². The smallest absolute Gasteiger partial charge is 0.276 e. The van der Waals surface area contributed by atoms with Gasteiger partial charge in [-0.1, -0.05) is 25.4 Å². The predicted octanol–water partition coefficient (Wildman–Crippen LogP) is 3.46. The largest absolute Gasteiger partial charge is 0.319 e. The molecule has 1 aliphatic rings. The highest BCUT2D eigenvalue weighted by Crippen LogP contribution is 2.33. The fraction of sp³-hybridized carbons (Fsp3) is 0.375. The Labute approximate surface area is 144 Å². The number of amides is 1. The molecule has 0 fully saturated rings. The predicted molar refractivity (Wildman–Crippen MR) is 94.4 cm³/mol. The maximum atomic E-state index is 12.6. The Morgan fingerprint density at radius 2 is 2.26 bits per heavy atom. The number of thioether (sulfide) groups is 1. The summed E-state index contributed by atoms with van der Waals surface area (Å²) in [6, 6.07) is 5.55. The number of rotatable bonds is 4. The molecule has 1 amide bonds. The minimum atomic E-state index is -0.209. The van der Waals surface area contributed by atoms with E-state index in [1.165, 1.54) is 0 Å². The van der Waals surface area contributed by atoms with Crippen molar-refractivity contribution in [3.63, 3.8) is 0 Å². The van der Waals surface area contributed by atoms with Crippen LogP contribution in [0.1, 0.15) is 35.6 Å². The quantitative estimate of drug-likeness (QED) is 0.738. The van der Waals surface area contributed by atoms with E-state index >= 15 is 0 Å². The summed E-state index contributed by atoms with van der Waals surface area (Å²) < 4.78 is 0. The highest BCUT2D eigenvalue weighted by molar-refractivity contribution is 8.00. The number of nitrogens with one attached hydrogen (secondary N) is 3. The zero-order valence-corrected chi connectivity index (χ0v) is 14.6. The van der Waals surface area contributed by atoms with Gasteiger partial charge < -0.3 is 10.6 Å². The second-order valence-electron chi connectivity index (χ2n) is 5.72. The van der Waals surface area contributed by atoms with E-state index in [-0.39, 0.29) is 5.91 Å². The zero-order chi connectivity index (χ0) is 16.4. The van der Waals surface area contributed by atoms with Gasteiger partial charge in [0.2, 0.25) is 0 Å². The molecule has 3 rings (SSSR count). The van der Waals surface area contributed by atoms with Crippen molar-refractivity contribution in [3.05, 3.63) is 40.2 Å². The van der Waals surface area contributed by atoms with E-state index in [1.54, 1.807) is 17.8 Å². The van der Waals surface area contributed by atoms with Crippen molar-refractivity contribution < 1.29 is 4.79 Å². The normalized spacial score (nSPS) is 13.9. The molecule has 0 atom stereocenters. The van der Waals surface area contributed by atoms with Gasteiger partial charge in [-0.3, -0.25) is 9.89 Å². The van der Waals surface area contributed by atoms with Crippen LogP contribution in [-0.4, -0.2) is 27.9 Å². The van der Waals surface area contributed by atoms with E-state index in [4.69, 9.17) is 11.6 Å². The van der Waals surface area contributed by atoms with Gasteiger partial charge in [-0.15, -0.1) is 11.8 Å². The number of fused-ring (bicyclic) bond motifs is 1. The summed E-state index contributed by atoms with van der Waals surface area (Å²) in [4.78, 5) is 13.6. The minimum absolute atomic E-state index is 0.209. The number of nitrogens with zero attached hydrogens (tertiary/aromatic N) is 1. The highest BCUT2D eigenvalue weighted by Gasteiger charge is 2.22. The van der Waals surface area contributed by atoms with Gasteiger partial charge in [-0.25, -0.2) is 0 Å². The van der Waals surface area contributed by atoms with Gasteiger partial charge in [0.05, 0.1) is 5.69 Å². The molecule has 0 saturated carbocycles. The lowest BCUT2D eigenvalue weighted by Gasteiger charge is -2.14. The first kappa shape index (κ1) is 16.4. The van der Waals surface area contributed by atoms with Crippen LogP contribution in [-0.2, 0) is 13.0 Å². The monoisotopic (exact) mass is 350 g/mol. The molecule has 0 unspecified atom stereocenters. The van der Waals surface area contributed by atoms with Gasteiger partial charge in [-0.05, 0) is 18.2 Å². The fourth-order valence-electron chi connectivity index (χ4n) is 2.55. The van der Waals surface area contributed by atoms with E-state index in [0.29, 0.717) is 22.5 Å². The number of aromatic amines is 1. The van der Waals surface area contributed by atoms with Gasteiger partial charge in [0, 0.05) is 45.9 Å². The lowest BCUT2D eigenvalue weighted by molar-refractivity contribution is 0.102. The van der Waals surface area contributed by atoms with Crippen LogP contribution >= 0.6 is 23.4 Å². The summed E-state index contributed by atoms with van der Waals surface area (Å²) in [5.74, 6) is -0.209. The minimum Gasteiger partial charge on any atom is -0.319 e.